The van der Waals surface area contributed by atoms with E-state index in [2.05, 4.69) is 15.6 Å². The van der Waals surface area contributed by atoms with Gasteiger partial charge in [-0.1, -0.05) is 42.1 Å². The summed E-state index contributed by atoms with van der Waals surface area (Å²) in [6, 6.07) is 15.7. The number of thioether (sulfide) groups is 1. The van der Waals surface area contributed by atoms with Gasteiger partial charge in [0, 0.05) is 11.4 Å². The molecule has 2 amide bonds. The van der Waals surface area contributed by atoms with Gasteiger partial charge < -0.3 is 15.4 Å². The minimum Gasteiger partial charge on any atom is -0.495 e. The number of carbonyl (C=O) groups is 2. The van der Waals surface area contributed by atoms with Crippen molar-refractivity contribution in [1.82, 2.24) is 10.3 Å². The van der Waals surface area contributed by atoms with E-state index in [1.165, 1.54) is 18.9 Å². The lowest BCUT2D eigenvalue weighted by molar-refractivity contribution is -0.119. The van der Waals surface area contributed by atoms with Crippen LogP contribution in [0.4, 0.5) is 5.69 Å². The molecule has 2 N–H and O–H groups in total. The number of nitrogens with one attached hydrogen (secondary N) is 2. The molecule has 1 aromatic heterocycles. The monoisotopic (exact) mass is 485 g/mol. The minimum atomic E-state index is -3.07. The van der Waals surface area contributed by atoms with Gasteiger partial charge in [0.1, 0.15) is 5.75 Å². The number of pyridine rings is 1. The number of para-hydroxylation sites is 3. The molecule has 1 fully saturated rings. The molecule has 0 radical (unpaired) electrons. The fraction of sp³-hybridized carbons (Fsp3) is 0.261. The van der Waals surface area contributed by atoms with Crippen molar-refractivity contribution >= 4 is 50.0 Å². The number of benzene rings is 2. The predicted molar refractivity (Wildman–Crippen MR) is 129 cm³/mol. The van der Waals surface area contributed by atoms with Crippen LogP contribution in [0.25, 0.3) is 10.9 Å². The van der Waals surface area contributed by atoms with Crippen molar-refractivity contribution in [2.24, 2.45) is 0 Å². The van der Waals surface area contributed by atoms with E-state index in [-0.39, 0.29) is 35.1 Å². The van der Waals surface area contributed by atoms with Crippen LogP contribution in [0.15, 0.2) is 59.6 Å². The van der Waals surface area contributed by atoms with Crippen LogP contribution in [0.3, 0.4) is 0 Å². The third-order valence-corrected chi connectivity index (χ3v) is 7.92. The van der Waals surface area contributed by atoms with Gasteiger partial charge in [-0.05, 0) is 30.7 Å². The molecular formula is C23H23N3O5S2. The van der Waals surface area contributed by atoms with Gasteiger partial charge in [-0.2, -0.15) is 0 Å². The zero-order chi connectivity index (χ0) is 23.4. The molecule has 0 unspecified atom stereocenters. The first kappa shape index (κ1) is 23.1. The zero-order valence-corrected chi connectivity index (χ0v) is 19.5. The number of sulfone groups is 1. The maximum absolute atomic E-state index is 13.1. The van der Waals surface area contributed by atoms with Crippen molar-refractivity contribution in [3.05, 3.63) is 60.2 Å². The first-order valence-corrected chi connectivity index (χ1v) is 13.1. The van der Waals surface area contributed by atoms with Gasteiger partial charge in [0.05, 0.1) is 46.2 Å². The molecule has 0 saturated carbocycles. The summed E-state index contributed by atoms with van der Waals surface area (Å²) in [7, 11) is -1.53. The number of hydrogen-bond acceptors (Lipinski definition) is 7. The van der Waals surface area contributed by atoms with Crippen LogP contribution >= 0.6 is 11.8 Å². The average molecular weight is 486 g/mol. The molecule has 1 aliphatic heterocycles. The molecule has 1 aliphatic rings. The fourth-order valence-electron chi connectivity index (χ4n) is 3.67. The molecule has 10 heteroatoms. The van der Waals surface area contributed by atoms with Crippen molar-refractivity contribution in [3.8, 4) is 5.75 Å². The van der Waals surface area contributed by atoms with Crippen molar-refractivity contribution in [1.29, 1.82) is 0 Å². The highest BCUT2D eigenvalue weighted by Crippen LogP contribution is 2.27. The highest BCUT2D eigenvalue weighted by atomic mass is 32.2. The van der Waals surface area contributed by atoms with E-state index >= 15 is 0 Å². The number of aromatic nitrogens is 1. The fourth-order valence-corrected chi connectivity index (χ4v) is 6.07. The van der Waals surface area contributed by atoms with E-state index in [1.807, 2.05) is 30.3 Å². The van der Waals surface area contributed by atoms with Gasteiger partial charge in [0.2, 0.25) is 5.91 Å². The Bertz CT molecular complexity index is 1310. The number of fused-ring (bicyclic) bond motifs is 1. The first-order chi connectivity index (χ1) is 15.8. The Morgan fingerprint density at radius 2 is 1.91 bits per heavy atom. The topological polar surface area (TPSA) is 114 Å². The predicted octanol–water partition coefficient (Wildman–Crippen LogP) is 2.89. The summed E-state index contributed by atoms with van der Waals surface area (Å²) in [5.74, 6) is 0.101. The number of amides is 2. The van der Waals surface area contributed by atoms with E-state index in [4.69, 9.17) is 4.74 Å². The second-order valence-corrected chi connectivity index (χ2v) is 10.9. The van der Waals surface area contributed by atoms with Gasteiger partial charge in [-0.3, -0.25) is 9.59 Å². The van der Waals surface area contributed by atoms with E-state index in [0.717, 1.165) is 0 Å². The average Bonchev–Trinajstić information content (AvgIpc) is 3.15. The normalized spacial score (nSPS) is 16.9. The SMILES string of the molecule is COc1ccccc1NC(=O)c1cc(SCC(=O)N[C@H]2CCS(=O)(=O)C2)nc2ccccc12. The summed E-state index contributed by atoms with van der Waals surface area (Å²) in [5, 5.41) is 6.86. The van der Waals surface area contributed by atoms with E-state index < -0.39 is 9.84 Å². The standard InChI is InChI=1S/C23H23N3O5S2/c1-31-20-9-5-4-8-19(20)26-23(28)17-12-22(25-18-7-3-2-6-16(17)18)32-13-21(27)24-15-10-11-33(29,30)14-15/h2-9,12,15H,10-11,13-14H2,1H3,(H,24,27)(H,26,28)/t15-/m0/s1. The quantitative estimate of drug-likeness (QED) is 0.495. The lowest BCUT2D eigenvalue weighted by Gasteiger charge is -2.13. The van der Waals surface area contributed by atoms with Crippen LogP contribution in [0, 0.1) is 0 Å². The molecule has 8 nitrogen and oxygen atoms in total. The number of methoxy groups -OCH3 is 1. The highest BCUT2D eigenvalue weighted by molar-refractivity contribution is 7.99. The second-order valence-electron chi connectivity index (χ2n) is 7.64. The van der Waals surface area contributed by atoms with E-state index in [0.29, 0.717) is 39.4 Å². The summed E-state index contributed by atoms with van der Waals surface area (Å²) >= 11 is 1.19. The smallest absolute Gasteiger partial charge is 0.256 e. The number of ether oxygens (including phenoxy) is 1. The molecule has 0 bridgehead atoms. The molecular weight excluding hydrogens is 462 g/mol. The van der Waals surface area contributed by atoms with Crippen molar-refractivity contribution < 1.29 is 22.7 Å². The Morgan fingerprint density at radius 1 is 1.15 bits per heavy atom. The largest absolute Gasteiger partial charge is 0.495 e. The Labute approximate surface area is 196 Å². The Hall–Kier alpha value is -3.11. The maximum atomic E-state index is 13.1. The van der Waals surface area contributed by atoms with Gasteiger partial charge in [0.25, 0.3) is 5.91 Å². The first-order valence-electron chi connectivity index (χ1n) is 10.3. The van der Waals surface area contributed by atoms with Crippen LogP contribution in [0.2, 0.25) is 0 Å². The summed E-state index contributed by atoms with van der Waals surface area (Å²) in [5.41, 5.74) is 1.61. The van der Waals surface area contributed by atoms with Gasteiger partial charge >= 0.3 is 0 Å². The molecule has 4 rings (SSSR count). The molecule has 3 aromatic rings. The van der Waals surface area contributed by atoms with Crippen molar-refractivity contribution in [2.75, 3.05) is 29.7 Å². The summed E-state index contributed by atoms with van der Waals surface area (Å²) in [4.78, 5) is 30.0. The molecule has 2 heterocycles. The van der Waals surface area contributed by atoms with Crippen LogP contribution in [-0.2, 0) is 14.6 Å². The van der Waals surface area contributed by atoms with Gasteiger partial charge in [-0.25, -0.2) is 13.4 Å². The third kappa shape index (κ3) is 5.63. The van der Waals surface area contributed by atoms with E-state index in [1.54, 1.807) is 24.3 Å². The van der Waals surface area contributed by atoms with Crippen molar-refractivity contribution in [3.63, 3.8) is 0 Å². The third-order valence-electron chi connectivity index (χ3n) is 5.24. The minimum absolute atomic E-state index is 0.0229. The second kappa shape index (κ2) is 9.80. The van der Waals surface area contributed by atoms with Crippen LogP contribution in [-0.4, -0.2) is 55.6 Å². The number of nitrogens with zero attached hydrogens (tertiary/aromatic N) is 1. The lowest BCUT2D eigenvalue weighted by Crippen LogP contribution is -2.36. The summed E-state index contributed by atoms with van der Waals surface area (Å²) < 4.78 is 28.5. The van der Waals surface area contributed by atoms with Crippen LogP contribution in [0.5, 0.6) is 5.75 Å². The number of rotatable bonds is 7. The van der Waals surface area contributed by atoms with Crippen LogP contribution in [0.1, 0.15) is 16.8 Å². The molecule has 1 atom stereocenters. The number of anilines is 1. The lowest BCUT2D eigenvalue weighted by atomic mass is 10.1. The summed E-state index contributed by atoms with van der Waals surface area (Å²) in [6.07, 6.45) is 0.431. The molecule has 0 aliphatic carbocycles. The molecule has 0 spiro atoms. The highest BCUT2D eigenvalue weighted by Gasteiger charge is 2.28. The Balaban J connectivity index is 1.51. The van der Waals surface area contributed by atoms with Gasteiger partial charge in [-0.15, -0.1) is 0 Å². The van der Waals surface area contributed by atoms with E-state index in [9.17, 15) is 18.0 Å². The molecule has 33 heavy (non-hydrogen) atoms. The number of carbonyl (C=O) groups excluding carboxylic acids is 2. The van der Waals surface area contributed by atoms with Crippen molar-refractivity contribution in [2.45, 2.75) is 17.5 Å². The maximum Gasteiger partial charge on any atom is 0.256 e. The summed E-state index contributed by atoms with van der Waals surface area (Å²) in [6.45, 7) is 0. The van der Waals surface area contributed by atoms with Gasteiger partial charge in [0.15, 0.2) is 9.84 Å². The molecule has 172 valence electrons. The Morgan fingerprint density at radius 3 is 2.67 bits per heavy atom. The molecule has 1 saturated heterocycles. The Kier molecular flexibility index (Phi) is 6.85. The number of hydrogen-bond donors (Lipinski definition) is 2. The van der Waals surface area contributed by atoms with Crippen LogP contribution < -0.4 is 15.4 Å². The molecule has 2 aromatic carbocycles. The zero-order valence-electron chi connectivity index (χ0n) is 17.9.